The molecule has 1 aliphatic rings. The predicted molar refractivity (Wildman–Crippen MR) is 67.3 cm³/mol. The Balaban J connectivity index is 2.18. The average molecular weight is 254 g/mol. The van der Waals surface area contributed by atoms with Gasteiger partial charge in [0, 0.05) is 6.04 Å². The summed E-state index contributed by atoms with van der Waals surface area (Å²) in [6.07, 6.45) is 3.58. The minimum Gasteiger partial charge on any atom is -0.310 e. The second kappa shape index (κ2) is 5.16. The van der Waals surface area contributed by atoms with E-state index in [9.17, 15) is 8.42 Å². The third-order valence-electron chi connectivity index (χ3n) is 3.17. The van der Waals surface area contributed by atoms with Gasteiger partial charge in [-0.05, 0) is 44.1 Å². The SMILES string of the molecule is CNS(=O)(=O)c1ccc([C@@H]2CCCCN2)cc1. The highest BCUT2D eigenvalue weighted by atomic mass is 32.2. The quantitative estimate of drug-likeness (QED) is 0.857. The molecule has 5 heteroatoms. The van der Waals surface area contributed by atoms with Crippen LogP contribution in [0.4, 0.5) is 0 Å². The topological polar surface area (TPSA) is 58.2 Å². The van der Waals surface area contributed by atoms with Crippen molar-refractivity contribution in [2.45, 2.75) is 30.2 Å². The van der Waals surface area contributed by atoms with E-state index in [0.29, 0.717) is 10.9 Å². The number of nitrogens with one attached hydrogen (secondary N) is 2. The van der Waals surface area contributed by atoms with E-state index >= 15 is 0 Å². The van der Waals surface area contributed by atoms with Gasteiger partial charge in [-0.1, -0.05) is 18.6 Å². The van der Waals surface area contributed by atoms with Crippen LogP contribution in [0, 0.1) is 0 Å². The first-order valence-corrected chi connectivity index (χ1v) is 7.39. The molecule has 1 saturated heterocycles. The molecule has 0 amide bonds. The van der Waals surface area contributed by atoms with Crippen LogP contribution >= 0.6 is 0 Å². The molecular formula is C12H18N2O2S. The predicted octanol–water partition coefficient (Wildman–Crippen LogP) is 1.41. The molecule has 0 bridgehead atoms. The number of piperidine rings is 1. The number of sulfonamides is 1. The van der Waals surface area contributed by atoms with Crippen LogP contribution in [0.25, 0.3) is 0 Å². The van der Waals surface area contributed by atoms with E-state index in [1.165, 1.54) is 25.5 Å². The van der Waals surface area contributed by atoms with Crippen LogP contribution in [0.15, 0.2) is 29.2 Å². The van der Waals surface area contributed by atoms with Crippen molar-refractivity contribution in [1.29, 1.82) is 0 Å². The van der Waals surface area contributed by atoms with Crippen molar-refractivity contribution in [3.05, 3.63) is 29.8 Å². The Morgan fingerprint density at radius 1 is 1.24 bits per heavy atom. The van der Waals surface area contributed by atoms with Crippen molar-refractivity contribution >= 4 is 10.0 Å². The molecule has 0 aromatic heterocycles. The van der Waals surface area contributed by atoms with E-state index in [1.807, 2.05) is 12.1 Å². The molecule has 0 spiro atoms. The lowest BCUT2D eigenvalue weighted by atomic mass is 9.98. The molecule has 17 heavy (non-hydrogen) atoms. The summed E-state index contributed by atoms with van der Waals surface area (Å²) in [5.74, 6) is 0. The van der Waals surface area contributed by atoms with Crippen LogP contribution in [-0.2, 0) is 10.0 Å². The van der Waals surface area contributed by atoms with Crippen LogP contribution in [-0.4, -0.2) is 22.0 Å². The average Bonchev–Trinajstić information content (AvgIpc) is 2.40. The van der Waals surface area contributed by atoms with Gasteiger partial charge >= 0.3 is 0 Å². The van der Waals surface area contributed by atoms with E-state index < -0.39 is 10.0 Å². The Bertz CT molecular complexity index is 462. The minimum atomic E-state index is -3.32. The van der Waals surface area contributed by atoms with E-state index in [4.69, 9.17) is 0 Å². The maximum absolute atomic E-state index is 11.6. The first-order chi connectivity index (χ1) is 8.13. The van der Waals surface area contributed by atoms with Crippen LogP contribution in [0.1, 0.15) is 30.9 Å². The standard InChI is InChI=1S/C12H18N2O2S/c1-13-17(15,16)11-7-5-10(6-8-11)12-4-2-3-9-14-12/h5-8,12-14H,2-4,9H2,1H3/t12-/m0/s1. The second-order valence-corrected chi connectivity index (χ2v) is 6.17. The van der Waals surface area contributed by atoms with Crippen molar-refractivity contribution in [3.63, 3.8) is 0 Å². The molecule has 94 valence electrons. The summed E-state index contributed by atoms with van der Waals surface area (Å²) in [7, 11) is -1.89. The molecule has 1 aromatic carbocycles. The zero-order valence-electron chi connectivity index (χ0n) is 9.94. The van der Waals surface area contributed by atoms with Crippen molar-refractivity contribution in [1.82, 2.24) is 10.0 Å². The van der Waals surface area contributed by atoms with Gasteiger partial charge in [0.1, 0.15) is 0 Å². The fourth-order valence-corrected chi connectivity index (χ4v) is 2.86. The third-order valence-corrected chi connectivity index (χ3v) is 4.60. The second-order valence-electron chi connectivity index (χ2n) is 4.28. The molecule has 1 atom stereocenters. The Hall–Kier alpha value is -0.910. The molecule has 1 fully saturated rings. The molecule has 0 radical (unpaired) electrons. The van der Waals surface area contributed by atoms with Crippen LogP contribution in [0.3, 0.4) is 0 Å². The van der Waals surface area contributed by atoms with Gasteiger partial charge in [-0.3, -0.25) is 0 Å². The van der Waals surface area contributed by atoms with Gasteiger partial charge in [0.05, 0.1) is 4.90 Å². The highest BCUT2D eigenvalue weighted by Gasteiger charge is 2.16. The zero-order chi connectivity index (χ0) is 12.3. The van der Waals surface area contributed by atoms with E-state index in [-0.39, 0.29) is 0 Å². The van der Waals surface area contributed by atoms with E-state index in [1.54, 1.807) is 12.1 Å². The number of hydrogen-bond acceptors (Lipinski definition) is 3. The van der Waals surface area contributed by atoms with Gasteiger partial charge in [-0.15, -0.1) is 0 Å². The monoisotopic (exact) mass is 254 g/mol. The van der Waals surface area contributed by atoms with Crippen LogP contribution < -0.4 is 10.0 Å². The normalized spacial score (nSPS) is 21.4. The highest BCUT2D eigenvalue weighted by Crippen LogP contribution is 2.23. The third kappa shape index (κ3) is 2.86. The number of hydrogen-bond donors (Lipinski definition) is 2. The number of benzene rings is 1. The fourth-order valence-electron chi connectivity index (χ4n) is 2.13. The Labute approximate surface area is 102 Å². The molecule has 1 aromatic rings. The number of rotatable bonds is 3. The smallest absolute Gasteiger partial charge is 0.240 e. The van der Waals surface area contributed by atoms with Gasteiger partial charge in [0.2, 0.25) is 10.0 Å². The first-order valence-electron chi connectivity index (χ1n) is 5.90. The summed E-state index contributed by atoms with van der Waals surface area (Å²) in [6.45, 7) is 1.04. The van der Waals surface area contributed by atoms with Crippen molar-refractivity contribution in [3.8, 4) is 0 Å². The fraction of sp³-hybridized carbons (Fsp3) is 0.500. The summed E-state index contributed by atoms with van der Waals surface area (Å²) in [5, 5.41) is 3.44. The molecule has 0 aliphatic carbocycles. The lowest BCUT2D eigenvalue weighted by Gasteiger charge is -2.23. The van der Waals surface area contributed by atoms with E-state index in [2.05, 4.69) is 10.0 Å². The van der Waals surface area contributed by atoms with Gasteiger partial charge < -0.3 is 5.32 Å². The minimum absolute atomic E-state index is 0.319. The molecule has 2 rings (SSSR count). The molecule has 4 nitrogen and oxygen atoms in total. The van der Waals surface area contributed by atoms with Crippen molar-refractivity contribution < 1.29 is 8.42 Å². The van der Waals surface area contributed by atoms with Gasteiger partial charge in [0.15, 0.2) is 0 Å². The molecular weight excluding hydrogens is 236 g/mol. The Morgan fingerprint density at radius 3 is 2.47 bits per heavy atom. The zero-order valence-corrected chi connectivity index (χ0v) is 10.8. The Kier molecular flexibility index (Phi) is 3.81. The van der Waals surface area contributed by atoms with Gasteiger partial charge in [0.25, 0.3) is 0 Å². The summed E-state index contributed by atoms with van der Waals surface area (Å²) in [5.41, 5.74) is 1.17. The first kappa shape index (κ1) is 12.5. The van der Waals surface area contributed by atoms with E-state index in [0.717, 1.165) is 13.0 Å². The highest BCUT2D eigenvalue weighted by molar-refractivity contribution is 7.89. The van der Waals surface area contributed by atoms with Crippen molar-refractivity contribution in [2.75, 3.05) is 13.6 Å². The molecule has 0 saturated carbocycles. The Morgan fingerprint density at radius 2 is 1.94 bits per heavy atom. The largest absolute Gasteiger partial charge is 0.310 e. The molecule has 1 aliphatic heterocycles. The summed E-state index contributed by atoms with van der Waals surface area (Å²) in [6, 6.07) is 7.49. The summed E-state index contributed by atoms with van der Waals surface area (Å²) < 4.78 is 25.4. The summed E-state index contributed by atoms with van der Waals surface area (Å²) in [4.78, 5) is 0.319. The van der Waals surface area contributed by atoms with Gasteiger partial charge in [-0.2, -0.15) is 0 Å². The summed E-state index contributed by atoms with van der Waals surface area (Å²) >= 11 is 0. The van der Waals surface area contributed by atoms with Crippen molar-refractivity contribution in [2.24, 2.45) is 0 Å². The molecule has 2 N–H and O–H groups in total. The lowest BCUT2D eigenvalue weighted by Crippen LogP contribution is -2.26. The van der Waals surface area contributed by atoms with Gasteiger partial charge in [-0.25, -0.2) is 13.1 Å². The van der Waals surface area contributed by atoms with Crippen LogP contribution in [0.5, 0.6) is 0 Å². The molecule has 1 heterocycles. The maximum Gasteiger partial charge on any atom is 0.240 e. The molecule has 0 unspecified atom stereocenters. The van der Waals surface area contributed by atoms with Crippen LogP contribution in [0.2, 0.25) is 0 Å². The maximum atomic E-state index is 11.6. The lowest BCUT2D eigenvalue weighted by molar-refractivity contribution is 0.412.